The van der Waals surface area contributed by atoms with Gasteiger partial charge in [0.25, 0.3) is 0 Å². The Labute approximate surface area is 92.1 Å². The minimum absolute atomic E-state index is 0.545. The summed E-state index contributed by atoms with van der Waals surface area (Å²) in [6.45, 7) is 3.16. The van der Waals surface area contributed by atoms with E-state index in [9.17, 15) is 0 Å². The summed E-state index contributed by atoms with van der Waals surface area (Å²) in [6.07, 6.45) is 6.23. The molecule has 84 valence electrons. The molecule has 3 nitrogen and oxygen atoms in total. The topological polar surface area (TPSA) is 36.8 Å². The Balaban J connectivity index is 2.05. The molecule has 1 aliphatic carbocycles. The molecule has 0 amide bonds. The molecular formula is C12H21N3. The molecule has 15 heavy (non-hydrogen) atoms. The molecule has 2 rings (SSSR count). The van der Waals surface area contributed by atoms with E-state index in [1.807, 2.05) is 7.05 Å². The molecule has 0 radical (unpaired) electrons. The van der Waals surface area contributed by atoms with Gasteiger partial charge in [-0.3, -0.25) is 4.99 Å². The maximum absolute atomic E-state index is 4.78. The molecule has 2 atom stereocenters. The smallest absolute Gasteiger partial charge is 0.124 e. The predicted octanol–water partition coefficient (Wildman–Crippen LogP) is 2.03. The van der Waals surface area contributed by atoms with Crippen molar-refractivity contribution in [2.45, 2.75) is 45.1 Å². The number of hydrogen-bond donors (Lipinski definition) is 1. The van der Waals surface area contributed by atoms with E-state index < -0.39 is 0 Å². The van der Waals surface area contributed by atoms with E-state index in [4.69, 9.17) is 4.99 Å². The second-order valence-corrected chi connectivity index (χ2v) is 4.61. The molecule has 0 aromatic rings. The zero-order chi connectivity index (χ0) is 10.7. The summed E-state index contributed by atoms with van der Waals surface area (Å²) >= 11 is 0. The number of fused-ring (bicyclic) bond motifs is 1. The second kappa shape index (κ2) is 4.88. The summed E-state index contributed by atoms with van der Waals surface area (Å²) < 4.78 is 0. The summed E-state index contributed by atoms with van der Waals surface area (Å²) in [5, 5.41) is 3.15. The molecule has 2 unspecified atom stereocenters. The summed E-state index contributed by atoms with van der Waals surface area (Å²) in [7, 11) is 1.98. The average Bonchev–Trinajstić information content (AvgIpc) is 2.26. The lowest BCUT2D eigenvalue weighted by molar-refractivity contribution is 0.377. The first kappa shape index (κ1) is 10.8. The first-order chi connectivity index (χ1) is 7.31. The Hall–Kier alpha value is -0.700. The molecule has 1 N–H and O–H groups in total. The van der Waals surface area contributed by atoms with Gasteiger partial charge < -0.3 is 5.32 Å². The monoisotopic (exact) mass is 207 g/mol. The molecule has 0 spiro atoms. The number of rotatable bonds is 3. The summed E-state index contributed by atoms with van der Waals surface area (Å²) in [5.74, 6) is 1.71. The van der Waals surface area contributed by atoms with Crippen molar-refractivity contribution < 1.29 is 0 Å². The fraction of sp³-hybridized carbons (Fsp3) is 0.833. The Bertz CT molecular complexity index is 281. The number of nitrogens with one attached hydrogen (secondary N) is 1. The molecule has 1 fully saturated rings. The van der Waals surface area contributed by atoms with E-state index in [1.54, 1.807) is 0 Å². The number of aliphatic imine (C=N–C) groups is 2. The fourth-order valence-electron chi connectivity index (χ4n) is 2.62. The first-order valence-corrected chi connectivity index (χ1v) is 6.07. The van der Waals surface area contributed by atoms with E-state index in [0.717, 1.165) is 18.8 Å². The van der Waals surface area contributed by atoms with Gasteiger partial charge in [-0.15, -0.1) is 0 Å². The Morgan fingerprint density at radius 3 is 2.93 bits per heavy atom. The van der Waals surface area contributed by atoms with Crippen LogP contribution in [0, 0.1) is 5.92 Å². The average molecular weight is 207 g/mol. The zero-order valence-electron chi connectivity index (χ0n) is 9.79. The maximum Gasteiger partial charge on any atom is 0.124 e. The molecule has 0 aromatic heterocycles. The van der Waals surface area contributed by atoms with Crippen molar-refractivity contribution in [3.63, 3.8) is 0 Å². The van der Waals surface area contributed by atoms with Gasteiger partial charge in [-0.1, -0.05) is 12.8 Å². The highest BCUT2D eigenvalue weighted by Crippen LogP contribution is 2.30. The van der Waals surface area contributed by atoms with Gasteiger partial charge in [0.1, 0.15) is 5.84 Å². The zero-order valence-corrected chi connectivity index (χ0v) is 9.79. The molecule has 1 aliphatic heterocycles. The molecular weight excluding hydrogens is 186 g/mol. The van der Waals surface area contributed by atoms with Crippen molar-refractivity contribution in [1.82, 2.24) is 5.32 Å². The lowest BCUT2D eigenvalue weighted by atomic mass is 9.81. The molecule has 3 heteroatoms. The minimum atomic E-state index is 0.545. The third kappa shape index (κ3) is 2.46. The largest absolute Gasteiger partial charge is 0.319 e. The van der Waals surface area contributed by atoms with E-state index in [2.05, 4.69) is 17.2 Å². The standard InChI is InChI=1S/C12H21N3/c1-9-10-5-3-4-6-11(10)15-12(14-9)7-8-13-2/h10-11,13H,3-8H2,1-2H3. The van der Waals surface area contributed by atoms with Crippen LogP contribution in [0.15, 0.2) is 9.98 Å². The Morgan fingerprint density at radius 2 is 2.13 bits per heavy atom. The van der Waals surface area contributed by atoms with Gasteiger partial charge >= 0.3 is 0 Å². The first-order valence-electron chi connectivity index (χ1n) is 6.07. The third-order valence-corrected chi connectivity index (χ3v) is 3.48. The van der Waals surface area contributed by atoms with Crippen LogP contribution in [0.1, 0.15) is 39.0 Å². The molecule has 1 heterocycles. The maximum atomic E-state index is 4.78. The van der Waals surface area contributed by atoms with Crippen molar-refractivity contribution in [1.29, 1.82) is 0 Å². The van der Waals surface area contributed by atoms with Gasteiger partial charge in [0.15, 0.2) is 0 Å². The van der Waals surface area contributed by atoms with E-state index >= 15 is 0 Å². The minimum Gasteiger partial charge on any atom is -0.319 e. The van der Waals surface area contributed by atoms with Crippen LogP contribution in [0.25, 0.3) is 0 Å². The van der Waals surface area contributed by atoms with Crippen LogP contribution in [0.2, 0.25) is 0 Å². The van der Waals surface area contributed by atoms with Gasteiger partial charge in [0.2, 0.25) is 0 Å². The van der Waals surface area contributed by atoms with Crippen LogP contribution in [0.5, 0.6) is 0 Å². The quantitative estimate of drug-likeness (QED) is 0.755. The fourth-order valence-corrected chi connectivity index (χ4v) is 2.62. The lowest BCUT2D eigenvalue weighted by Crippen LogP contribution is -2.33. The van der Waals surface area contributed by atoms with Crippen LogP contribution in [0.3, 0.4) is 0 Å². The van der Waals surface area contributed by atoms with E-state index in [0.29, 0.717) is 12.0 Å². The lowest BCUT2D eigenvalue weighted by Gasteiger charge is -2.32. The number of nitrogens with zero attached hydrogens (tertiary/aromatic N) is 2. The summed E-state index contributed by atoms with van der Waals surface area (Å²) in [5.41, 5.74) is 1.32. The normalized spacial score (nSPS) is 30.5. The second-order valence-electron chi connectivity index (χ2n) is 4.61. The van der Waals surface area contributed by atoms with Crippen molar-refractivity contribution in [2.75, 3.05) is 13.6 Å². The molecule has 0 aromatic carbocycles. The van der Waals surface area contributed by atoms with Crippen molar-refractivity contribution in [3.05, 3.63) is 0 Å². The summed E-state index contributed by atoms with van der Waals surface area (Å²) in [4.78, 5) is 9.41. The van der Waals surface area contributed by atoms with Crippen LogP contribution in [-0.4, -0.2) is 31.2 Å². The highest BCUT2D eigenvalue weighted by Gasteiger charge is 2.29. The van der Waals surface area contributed by atoms with Gasteiger partial charge in [0.05, 0.1) is 6.04 Å². The van der Waals surface area contributed by atoms with Crippen LogP contribution >= 0.6 is 0 Å². The Morgan fingerprint density at radius 1 is 1.33 bits per heavy atom. The predicted molar refractivity (Wildman–Crippen MR) is 64.8 cm³/mol. The van der Waals surface area contributed by atoms with Crippen molar-refractivity contribution in [2.24, 2.45) is 15.9 Å². The Kier molecular flexibility index (Phi) is 3.52. The molecule has 2 aliphatic rings. The third-order valence-electron chi connectivity index (χ3n) is 3.48. The highest BCUT2D eigenvalue weighted by atomic mass is 15.0. The SMILES string of the molecule is CNCCC1=NC2CCCCC2C(C)=N1. The van der Waals surface area contributed by atoms with Crippen LogP contribution < -0.4 is 5.32 Å². The van der Waals surface area contributed by atoms with E-state index in [1.165, 1.54) is 31.4 Å². The van der Waals surface area contributed by atoms with Crippen LogP contribution in [0.4, 0.5) is 0 Å². The van der Waals surface area contributed by atoms with E-state index in [-0.39, 0.29) is 0 Å². The van der Waals surface area contributed by atoms with Crippen LogP contribution in [-0.2, 0) is 0 Å². The molecule has 0 bridgehead atoms. The van der Waals surface area contributed by atoms with Crippen molar-refractivity contribution in [3.8, 4) is 0 Å². The number of hydrogen-bond acceptors (Lipinski definition) is 3. The molecule has 1 saturated carbocycles. The van der Waals surface area contributed by atoms with Gasteiger partial charge in [0, 0.05) is 24.6 Å². The summed E-state index contributed by atoms with van der Waals surface area (Å²) in [6, 6.07) is 0.545. The van der Waals surface area contributed by atoms with Gasteiger partial charge in [-0.2, -0.15) is 0 Å². The van der Waals surface area contributed by atoms with Gasteiger partial charge in [-0.05, 0) is 26.8 Å². The van der Waals surface area contributed by atoms with Crippen molar-refractivity contribution >= 4 is 11.5 Å². The molecule has 0 saturated heterocycles. The number of amidine groups is 1. The highest BCUT2D eigenvalue weighted by molar-refractivity contribution is 6.00. The van der Waals surface area contributed by atoms with Gasteiger partial charge in [-0.25, -0.2) is 4.99 Å².